The molecule has 1 amide bonds. The van der Waals surface area contributed by atoms with Crippen LogP contribution in [0.1, 0.15) is 21.5 Å². The van der Waals surface area contributed by atoms with Crippen molar-refractivity contribution in [2.45, 2.75) is 13.8 Å². The van der Waals surface area contributed by atoms with E-state index in [0.717, 1.165) is 48.8 Å². The van der Waals surface area contributed by atoms with Crippen LogP contribution in [-0.2, 0) is 0 Å². The van der Waals surface area contributed by atoms with E-state index >= 15 is 0 Å². The maximum atomic E-state index is 12.8. The fraction of sp³-hybridized carbons (Fsp3) is 0.368. The summed E-state index contributed by atoms with van der Waals surface area (Å²) in [4.78, 5) is 21.7. The normalized spacial score (nSPS) is 15.4. The quantitative estimate of drug-likeness (QED) is 0.943. The Bertz CT molecular complexity index is 716. The van der Waals surface area contributed by atoms with E-state index in [1.807, 2.05) is 38.1 Å². The van der Waals surface area contributed by atoms with Gasteiger partial charge in [0.15, 0.2) is 0 Å². The molecule has 0 spiro atoms. The van der Waals surface area contributed by atoms with Crippen molar-refractivity contribution in [3.8, 4) is 0 Å². The highest BCUT2D eigenvalue weighted by atomic mass is 16.1. The maximum absolute atomic E-state index is 12.8. The van der Waals surface area contributed by atoms with E-state index < -0.39 is 0 Å². The van der Waals surface area contributed by atoms with Gasteiger partial charge in [-0.1, -0.05) is 6.07 Å². The fourth-order valence-electron chi connectivity index (χ4n) is 3.09. The Kier molecular flexibility index (Phi) is 4.81. The van der Waals surface area contributed by atoms with Gasteiger partial charge in [0.05, 0.1) is 5.56 Å². The summed E-state index contributed by atoms with van der Waals surface area (Å²) in [6.45, 7) is 7.79. The van der Waals surface area contributed by atoms with E-state index in [1.54, 1.807) is 6.20 Å². The molecule has 3 rings (SSSR count). The van der Waals surface area contributed by atoms with Crippen molar-refractivity contribution in [3.05, 3.63) is 53.2 Å². The number of pyridine rings is 1. The Balaban J connectivity index is 1.82. The molecule has 1 aliphatic rings. The molecule has 0 radical (unpaired) electrons. The van der Waals surface area contributed by atoms with Gasteiger partial charge in [-0.25, -0.2) is 4.98 Å². The zero-order valence-corrected chi connectivity index (χ0v) is 14.5. The van der Waals surface area contributed by atoms with Crippen LogP contribution in [0.2, 0.25) is 0 Å². The monoisotopic (exact) mass is 324 g/mol. The number of hydrogen-bond acceptors (Lipinski definition) is 4. The molecule has 1 fully saturated rings. The van der Waals surface area contributed by atoms with Crippen LogP contribution in [0.4, 0.5) is 11.5 Å². The van der Waals surface area contributed by atoms with Crippen molar-refractivity contribution >= 4 is 17.4 Å². The molecule has 0 saturated carbocycles. The molecule has 1 aromatic carbocycles. The minimum absolute atomic E-state index is 0.109. The van der Waals surface area contributed by atoms with Gasteiger partial charge in [-0.15, -0.1) is 0 Å². The first-order valence-electron chi connectivity index (χ1n) is 8.31. The lowest BCUT2D eigenvalue weighted by molar-refractivity contribution is 0.102. The number of benzene rings is 1. The SMILES string of the molecule is Cc1cc(C)cc(NC(=O)c2cccnc2N2CCN(C)CC2)c1. The lowest BCUT2D eigenvalue weighted by Crippen LogP contribution is -2.45. The fourth-order valence-corrected chi connectivity index (χ4v) is 3.09. The van der Waals surface area contributed by atoms with E-state index in [1.165, 1.54) is 0 Å². The van der Waals surface area contributed by atoms with E-state index in [9.17, 15) is 4.79 Å². The number of anilines is 2. The molecule has 0 unspecified atom stereocenters. The average molecular weight is 324 g/mol. The van der Waals surface area contributed by atoms with Gasteiger partial charge in [0.1, 0.15) is 5.82 Å². The second-order valence-corrected chi connectivity index (χ2v) is 6.50. The number of carbonyl (C=O) groups is 1. The van der Waals surface area contributed by atoms with Gasteiger partial charge < -0.3 is 15.1 Å². The van der Waals surface area contributed by atoms with Gasteiger partial charge in [-0.2, -0.15) is 0 Å². The molecule has 2 aromatic rings. The minimum Gasteiger partial charge on any atom is -0.353 e. The Hall–Kier alpha value is -2.40. The first kappa shape index (κ1) is 16.5. The molecule has 126 valence electrons. The van der Waals surface area contributed by atoms with Crippen LogP contribution in [0.5, 0.6) is 0 Å². The second-order valence-electron chi connectivity index (χ2n) is 6.50. The van der Waals surface area contributed by atoms with Crippen LogP contribution in [-0.4, -0.2) is 49.0 Å². The molecule has 5 heteroatoms. The third kappa shape index (κ3) is 3.74. The summed E-state index contributed by atoms with van der Waals surface area (Å²) in [7, 11) is 2.11. The molecule has 1 N–H and O–H groups in total. The van der Waals surface area contributed by atoms with Crippen LogP contribution < -0.4 is 10.2 Å². The van der Waals surface area contributed by atoms with Crippen molar-refractivity contribution in [1.82, 2.24) is 9.88 Å². The number of nitrogens with zero attached hydrogens (tertiary/aromatic N) is 3. The van der Waals surface area contributed by atoms with E-state index in [2.05, 4.69) is 33.2 Å². The summed E-state index contributed by atoms with van der Waals surface area (Å²) in [6, 6.07) is 9.72. The summed E-state index contributed by atoms with van der Waals surface area (Å²) < 4.78 is 0. The highest BCUT2D eigenvalue weighted by molar-refractivity contribution is 6.07. The van der Waals surface area contributed by atoms with Crippen LogP contribution in [0.15, 0.2) is 36.5 Å². The largest absolute Gasteiger partial charge is 0.353 e. The summed E-state index contributed by atoms with van der Waals surface area (Å²) >= 11 is 0. The van der Waals surface area contributed by atoms with Crippen LogP contribution in [0.3, 0.4) is 0 Å². The Morgan fingerprint density at radius 3 is 2.42 bits per heavy atom. The number of nitrogens with one attached hydrogen (secondary N) is 1. The zero-order valence-electron chi connectivity index (χ0n) is 14.5. The number of amides is 1. The Morgan fingerprint density at radius 2 is 1.75 bits per heavy atom. The predicted octanol–water partition coefficient (Wildman–Crippen LogP) is 2.70. The smallest absolute Gasteiger partial charge is 0.259 e. The highest BCUT2D eigenvalue weighted by Gasteiger charge is 2.21. The Morgan fingerprint density at radius 1 is 1.08 bits per heavy atom. The Labute approximate surface area is 143 Å². The highest BCUT2D eigenvalue weighted by Crippen LogP contribution is 2.21. The van der Waals surface area contributed by atoms with Gasteiger partial charge in [-0.3, -0.25) is 4.79 Å². The summed E-state index contributed by atoms with van der Waals surface area (Å²) in [5.74, 6) is 0.662. The van der Waals surface area contributed by atoms with Gasteiger partial charge in [0.2, 0.25) is 0 Å². The molecule has 0 atom stereocenters. The molecule has 24 heavy (non-hydrogen) atoms. The van der Waals surface area contributed by atoms with Crippen LogP contribution >= 0.6 is 0 Å². The summed E-state index contributed by atoms with van der Waals surface area (Å²) in [5.41, 5.74) is 3.72. The molecular weight excluding hydrogens is 300 g/mol. The topological polar surface area (TPSA) is 48.5 Å². The molecule has 0 bridgehead atoms. The van der Waals surface area contributed by atoms with Crippen molar-refractivity contribution < 1.29 is 4.79 Å². The van der Waals surface area contributed by atoms with E-state index in [-0.39, 0.29) is 5.91 Å². The van der Waals surface area contributed by atoms with Crippen molar-refractivity contribution in [2.24, 2.45) is 0 Å². The molecule has 1 saturated heterocycles. The molecule has 1 aliphatic heterocycles. The molecule has 0 aliphatic carbocycles. The summed E-state index contributed by atoms with van der Waals surface area (Å²) in [6.07, 6.45) is 1.75. The number of aryl methyl sites for hydroxylation is 2. The van der Waals surface area contributed by atoms with Gasteiger partial charge in [0, 0.05) is 38.1 Å². The van der Waals surface area contributed by atoms with Crippen molar-refractivity contribution in [1.29, 1.82) is 0 Å². The molecule has 5 nitrogen and oxygen atoms in total. The number of carbonyl (C=O) groups excluding carboxylic acids is 1. The lowest BCUT2D eigenvalue weighted by atomic mass is 10.1. The number of hydrogen-bond donors (Lipinski definition) is 1. The lowest BCUT2D eigenvalue weighted by Gasteiger charge is -2.34. The van der Waals surface area contributed by atoms with Gasteiger partial charge in [-0.05, 0) is 56.3 Å². The summed E-state index contributed by atoms with van der Waals surface area (Å²) in [5, 5.41) is 3.01. The number of piperazine rings is 1. The zero-order chi connectivity index (χ0) is 17.1. The second kappa shape index (κ2) is 7.01. The predicted molar refractivity (Wildman–Crippen MR) is 97.8 cm³/mol. The van der Waals surface area contributed by atoms with Crippen molar-refractivity contribution in [3.63, 3.8) is 0 Å². The third-order valence-corrected chi connectivity index (χ3v) is 4.31. The van der Waals surface area contributed by atoms with Crippen LogP contribution in [0.25, 0.3) is 0 Å². The number of likely N-dealkylation sites (N-methyl/N-ethyl adjacent to an activating group) is 1. The number of aromatic nitrogens is 1. The standard InChI is InChI=1S/C19H24N4O/c1-14-11-15(2)13-16(12-14)21-19(24)17-5-4-6-20-18(17)23-9-7-22(3)8-10-23/h4-6,11-13H,7-10H2,1-3H3,(H,21,24). The van der Waals surface area contributed by atoms with Crippen molar-refractivity contribution in [2.75, 3.05) is 43.4 Å². The van der Waals surface area contributed by atoms with Gasteiger partial charge in [0.25, 0.3) is 5.91 Å². The van der Waals surface area contributed by atoms with Crippen LogP contribution in [0, 0.1) is 13.8 Å². The average Bonchev–Trinajstić information content (AvgIpc) is 2.54. The molecule has 1 aromatic heterocycles. The number of rotatable bonds is 3. The molecule has 2 heterocycles. The minimum atomic E-state index is -0.109. The van der Waals surface area contributed by atoms with Gasteiger partial charge >= 0.3 is 0 Å². The van der Waals surface area contributed by atoms with E-state index in [0.29, 0.717) is 5.56 Å². The first-order chi connectivity index (χ1) is 11.5. The third-order valence-electron chi connectivity index (χ3n) is 4.31. The first-order valence-corrected chi connectivity index (χ1v) is 8.31. The maximum Gasteiger partial charge on any atom is 0.259 e. The van der Waals surface area contributed by atoms with E-state index in [4.69, 9.17) is 0 Å². The molecular formula is C19H24N4O.